The second-order valence-electron chi connectivity index (χ2n) is 3.89. The molecule has 1 aliphatic rings. The molecule has 0 fully saturated rings. The molecule has 1 aromatic carbocycles. The molecule has 0 atom stereocenters. The number of aromatic hydroxyl groups is 1. The first-order valence-corrected chi connectivity index (χ1v) is 5.98. The molecule has 0 aromatic heterocycles. The van der Waals surface area contributed by atoms with Crippen LogP contribution in [0.3, 0.4) is 0 Å². The Balaban J connectivity index is 2.44. The van der Waals surface area contributed by atoms with Gasteiger partial charge in [0.15, 0.2) is 11.5 Å². The van der Waals surface area contributed by atoms with Crippen LogP contribution in [0.1, 0.15) is 23.7 Å². The van der Waals surface area contributed by atoms with Gasteiger partial charge in [-0.3, -0.25) is 4.79 Å². The average Bonchev–Trinajstić information content (AvgIpc) is 2.63. The highest BCUT2D eigenvalue weighted by Crippen LogP contribution is 2.38. The van der Waals surface area contributed by atoms with E-state index < -0.39 is 11.8 Å². The molecule has 0 saturated carbocycles. The Kier molecular flexibility index (Phi) is 3.89. The van der Waals surface area contributed by atoms with Crippen LogP contribution in [0.4, 0.5) is 0 Å². The van der Waals surface area contributed by atoms with Crippen molar-refractivity contribution in [1.82, 2.24) is 0 Å². The van der Waals surface area contributed by atoms with Crippen molar-refractivity contribution in [2.45, 2.75) is 13.3 Å². The van der Waals surface area contributed by atoms with Gasteiger partial charge in [-0.05, 0) is 19.1 Å². The summed E-state index contributed by atoms with van der Waals surface area (Å²) in [5.74, 6) is -1.87. The number of Topliss-reactive ketones (excluding diaryl/α,β-unsaturated/α-hetero) is 1. The summed E-state index contributed by atoms with van der Waals surface area (Å²) in [6, 6.07) is 2.79. The van der Waals surface area contributed by atoms with Crippen molar-refractivity contribution in [3.8, 4) is 17.2 Å². The van der Waals surface area contributed by atoms with E-state index in [1.165, 1.54) is 12.1 Å². The van der Waals surface area contributed by atoms with E-state index in [4.69, 9.17) is 9.47 Å². The van der Waals surface area contributed by atoms with Crippen molar-refractivity contribution in [3.63, 3.8) is 0 Å². The van der Waals surface area contributed by atoms with E-state index in [1.54, 1.807) is 6.92 Å². The average molecular weight is 266 g/mol. The summed E-state index contributed by atoms with van der Waals surface area (Å²) < 4.78 is 15.4. The SMILES string of the molecule is CCOC(=O)C(=O)c1c(O)ccc2c1OCCCO2. The maximum atomic E-state index is 12.0. The number of phenolic OH excluding ortho intramolecular Hbond substituents is 1. The number of phenols is 1. The van der Waals surface area contributed by atoms with Crippen LogP contribution in [0.2, 0.25) is 0 Å². The Hall–Kier alpha value is -2.24. The Labute approximate surface area is 109 Å². The third-order valence-corrected chi connectivity index (χ3v) is 2.58. The molecule has 6 heteroatoms. The van der Waals surface area contributed by atoms with Crippen LogP contribution in [-0.4, -0.2) is 36.7 Å². The van der Waals surface area contributed by atoms with Crippen molar-refractivity contribution in [1.29, 1.82) is 0 Å². The number of hydrogen-bond donors (Lipinski definition) is 1. The molecule has 0 saturated heterocycles. The molecule has 102 valence electrons. The van der Waals surface area contributed by atoms with Gasteiger partial charge < -0.3 is 19.3 Å². The van der Waals surface area contributed by atoms with Gasteiger partial charge >= 0.3 is 5.97 Å². The van der Waals surface area contributed by atoms with E-state index in [1.807, 2.05) is 0 Å². The van der Waals surface area contributed by atoms with Gasteiger partial charge in [0.25, 0.3) is 5.78 Å². The Morgan fingerprint density at radius 3 is 2.79 bits per heavy atom. The molecule has 19 heavy (non-hydrogen) atoms. The first-order chi connectivity index (χ1) is 9.15. The molecule has 0 spiro atoms. The minimum Gasteiger partial charge on any atom is -0.507 e. The zero-order valence-electron chi connectivity index (χ0n) is 10.5. The number of carbonyl (C=O) groups excluding carboxylic acids is 2. The van der Waals surface area contributed by atoms with Gasteiger partial charge in [0.1, 0.15) is 11.3 Å². The monoisotopic (exact) mass is 266 g/mol. The van der Waals surface area contributed by atoms with Crippen LogP contribution in [-0.2, 0) is 9.53 Å². The van der Waals surface area contributed by atoms with E-state index >= 15 is 0 Å². The summed E-state index contributed by atoms with van der Waals surface area (Å²) in [5.41, 5.74) is -0.210. The fourth-order valence-electron chi connectivity index (χ4n) is 1.74. The van der Waals surface area contributed by atoms with Gasteiger partial charge in [-0.1, -0.05) is 0 Å². The van der Waals surface area contributed by atoms with E-state index in [0.29, 0.717) is 25.4 Å². The zero-order valence-corrected chi connectivity index (χ0v) is 10.5. The fraction of sp³-hybridized carbons (Fsp3) is 0.385. The van der Waals surface area contributed by atoms with Crippen molar-refractivity contribution in [2.24, 2.45) is 0 Å². The van der Waals surface area contributed by atoms with Gasteiger partial charge in [0.05, 0.1) is 19.8 Å². The molecule has 0 unspecified atom stereocenters. The summed E-state index contributed by atoms with van der Waals surface area (Å²) in [6.07, 6.45) is 0.655. The number of rotatable bonds is 3. The molecule has 1 aromatic rings. The van der Waals surface area contributed by atoms with Gasteiger partial charge in [-0.2, -0.15) is 0 Å². The molecule has 1 N–H and O–H groups in total. The number of benzene rings is 1. The topological polar surface area (TPSA) is 82.1 Å². The number of hydrogen-bond acceptors (Lipinski definition) is 6. The largest absolute Gasteiger partial charge is 0.507 e. The maximum absolute atomic E-state index is 12.0. The first-order valence-electron chi connectivity index (χ1n) is 5.98. The quantitative estimate of drug-likeness (QED) is 0.504. The summed E-state index contributed by atoms with van der Waals surface area (Å²) in [5, 5.41) is 9.78. The number of ether oxygens (including phenoxy) is 3. The number of esters is 1. The molecule has 1 aliphatic heterocycles. The predicted octanol–water partition coefficient (Wildman–Crippen LogP) is 1.30. The molecular formula is C13H14O6. The highest BCUT2D eigenvalue weighted by atomic mass is 16.5. The second kappa shape index (κ2) is 5.60. The molecule has 0 radical (unpaired) electrons. The number of fused-ring (bicyclic) bond motifs is 1. The lowest BCUT2D eigenvalue weighted by Crippen LogP contribution is -2.18. The Morgan fingerprint density at radius 1 is 1.32 bits per heavy atom. The van der Waals surface area contributed by atoms with E-state index in [0.717, 1.165) is 0 Å². The van der Waals surface area contributed by atoms with Crippen LogP contribution >= 0.6 is 0 Å². The van der Waals surface area contributed by atoms with Crippen LogP contribution in [0.5, 0.6) is 17.2 Å². The lowest BCUT2D eigenvalue weighted by atomic mass is 10.1. The molecule has 6 nitrogen and oxygen atoms in total. The van der Waals surface area contributed by atoms with Crippen molar-refractivity contribution in [3.05, 3.63) is 17.7 Å². The standard InChI is InChI=1S/C13H14O6/c1-2-17-13(16)11(15)10-8(14)4-5-9-12(10)19-7-3-6-18-9/h4-5,14H,2-3,6-7H2,1H3. The van der Waals surface area contributed by atoms with Crippen molar-refractivity contribution in [2.75, 3.05) is 19.8 Å². The molecule has 0 amide bonds. The second-order valence-corrected chi connectivity index (χ2v) is 3.89. The van der Waals surface area contributed by atoms with Gasteiger partial charge in [-0.15, -0.1) is 0 Å². The van der Waals surface area contributed by atoms with Gasteiger partial charge in [0, 0.05) is 6.42 Å². The van der Waals surface area contributed by atoms with Crippen LogP contribution in [0.15, 0.2) is 12.1 Å². The van der Waals surface area contributed by atoms with E-state index in [2.05, 4.69) is 4.74 Å². The molecule has 0 aliphatic carbocycles. The smallest absolute Gasteiger partial charge is 0.379 e. The molecule has 0 bridgehead atoms. The number of carbonyl (C=O) groups is 2. The minimum atomic E-state index is -1.03. The lowest BCUT2D eigenvalue weighted by molar-refractivity contribution is -0.137. The summed E-state index contributed by atoms with van der Waals surface area (Å²) in [4.78, 5) is 23.5. The van der Waals surface area contributed by atoms with E-state index in [9.17, 15) is 14.7 Å². The normalized spacial score (nSPS) is 13.5. The van der Waals surface area contributed by atoms with Gasteiger partial charge in [0.2, 0.25) is 0 Å². The molecule has 2 rings (SSSR count). The minimum absolute atomic E-state index is 0.0811. The Bertz CT molecular complexity index is 508. The fourth-order valence-corrected chi connectivity index (χ4v) is 1.74. The van der Waals surface area contributed by atoms with E-state index in [-0.39, 0.29) is 23.7 Å². The Morgan fingerprint density at radius 2 is 2.05 bits per heavy atom. The third-order valence-electron chi connectivity index (χ3n) is 2.58. The van der Waals surface area contributed by atoms with Crippen molar-refractivity contribution >= 4 is 11.8 Å². The zero-order chi connectivity index (χ0) is 13.8. The summed E-state index contributed by atoms with van der Waals surface area (Å²) >= 11 is 0. The number of ketones is 1. The maximum Gasteiger partial charge on any atom is 0.379 e. The predicted molar refractivity (Wildman–Crippen MR) is 64.7 cm³/mol. The summed E-state index contributed by atoms with van der Waals surface area (Å²) in [6.45, 7) is 2.47. The van der Waals surface area contributed by atoms with Crippen LogP contribution < -0.4 is 9.47 Å². The highest BCUT2D eigenvalue weighted by Gasteiger charge is 2.29. The van der Waals surface area contributed by atoms with Gasteiger partial charge in [-0.25, -0.2) is 4.79 Å². The summed E-state index contributed by atoms with van der Waals surface area (Å²) in [7, 11) is 0. The van der Waals surface area contributed by atoms with Crippen LogP contribution in [0, 0.1) is 0 Å². The van der Waals surface area contributed by atoms with Crippen LogP contribution in [0.25, 0.3) is 0 Å². The van der Waals surface area contributed by atoms with Crippen molar-refractivity contribution < 1.29 is 28.9 Å². The third kappa shape index (κ3) is 2.62. The molecule has 1 heterocycles. The molecular weight excluding hydrogens is 252 g/mol. The first kappa shape index (κ1) is 13.2. The highest BCUT2D eigenvalue weighted by molar-refractivity contribution is 6.42. The lowest BCUT2D eigenvalue weighted by Gasteiger charge is -2.12.